The van der Waals surface area contributed by atoms with Crippen LogP contribution in [0.2, 0.25) is 0 Å². The van der Waals surface area contributed by atoms with Gasteiger partial charge in [-0.05, 0) is 51.4 Å². The molecule has 0 aliphatic heterocycles. The number of aliphatic hydroxyl groups is 2. The fourth-order valence-electron chi connectivity index (χ4n) is 13.2. The van der Waals surface area contributed by atoms with Crippen LogP contribution in [0.4, 0.5) is 0 Å². The van der Waals surface area contributed by atoms with Crippen molar-refractivity contribution >= 4 is 11.9 Å². The summed E-state index contributed by atoms with van der Waals surface area (Å²) in [5, 5.41) is 23.4. The van der Waals surface area contributed by atoms with E-state index in [-0.39, 0.29) is 18.5 Å². The molecule has 0 aromatic carbocycles. The predicted molar refractivity (Wildman–Crippen MR) is 384 cm³/mol. The zero-order valence-corrected chi connectivity index (χ0v) is 59.5. The number of esters is 1. The van der Waals surface area contributed by atoms with E-state index in [2.05, 4.69) is 31.3 Å². The van der Waals surface area contributed by atoms with Gasteiger partial charge in [-0.3, -0.25) is 9.59 Å². The molecule has 0 aromatic heterocycles. The van der Waals surface area contributed by atoms with Crippen LogP contribution in [0.3, 0.4) is 0 Å². The fraction of sp³-hybridized carbons (Fsp3) is 0.951. The molecule has 0 heterocycles. The molecule has 0 saturated heterocycles. The summed E-state index contributed by atoms with van der Waals surface area (Å²) in [6.45, 7) is 5.01. The summed E-state index contributed by atoms with van der Waals surface area (Å²) in [4.78, 5) is 24.6. The van der Waals surface area contributed by atoms with Gasteiger partial charge in [0.05, 0.1) is 25.4 Å². The minimum atomic E-state index is -0.662. The molecule has 0 saturated carbocycles. The van der Waals surface area contributed by atoms with E-state index in [9.17, 15) is 19.8 Å². The molecule has 0 aliphatic carbocycles. The third kappa shape index (κ3) is 73.5. The summed E-state index contributed by atoms with van der Waals surface area (Å²) >= 11 is 0. The smallest absolute Gasteiger partial charge is 0.305 e. The first-order valence-corrected chi connectivity index (χ1v) is 40.4. The number of carbonyl (C=O) groups excluding carboxylic acids is 2. The van der Waals surface area contributed by atoms with Crippen molar-refractivity contribution in [2.75, 3.05) is 13.2 Å². The molecule has 0 spiro atoms. The van der Waals surface area contributed by atoms with Gasteiger partial charge in [-0.2, -0.15) is 0 Å². The molecule has 0 rings (SSSR count). The summed E-state index contributed by atoms with van der Waals surface area (Å²) in [5.74, 6) is -0.00127. The average molecular weight is 1230 g/mol. The van der Waals surface area contributed by atoms with E-state index in [0.717, 1.165) is 38.5 Å². The monoisotopic (exact) mass is 1230 g/mol. The lowest BCUT2D eigenvalue weighted by Gasteiger charge is -2.22. The quantitative estimate of drug-likeness (QED) is 0.0320. The molecule has 6 heteroatoms. The topological polar surface area (TPSA) is 95.9 Å². The maximum Gasteiger partial charge on any atom is 0.305 e. The van der Waals surface area contributed by atoms with Crippen LogP contribution >= 0.6 is 0 Å². The van der Waals surface area contributed by atoms with Crippen molar-refractivity contribution in [1.82, 2.24) is 5.32 Å². The SMILES string of the molecule is CCCCCCCCCCCCCCCCCCCCCCC(O)C(CO)NC(=O)CCCCCCCCCCCCCCCCCCC/C=C\CCCCCCCCCCCCCCCCCCOC(=O)CCCCCCCCCCCCCCC. The lowest BCUT2D eigenvalue weighted by molar-refractivity contribution is -0.143. The zero-order chi connectivity index (χ0) is 62.8. The van der Waals surface area contributed by atoms with E-state index in [4.69, 9.17) is 4.74 Å². The van der Waals surface area contributed by atoms with E-state index in [0.29, 0.717) is 25.9 Å². The first-order chi connectivity index (χ1) is 43.0. The molecule has 2 unspecified atom stereocenters. The minimum Gasteiger partial charge on any atom is -0.466 e. The van der Waals surface area contributed by atoms with Gasteiger partial charge in [-0.15, -0.1) is 0 Å². The Morgan fingerprint density at radius 3 is 0.816 bits per heavy atom. The van der Waals surface area contributed by atoms with Gasteiger partial charge in [0.2, 0.25) is 5.91 Å². The Labute approximate surface area is 546 Å². The van der Waals surface area contributed by atoms with Crippen molar-refractivity contribution in [3.05, 3.63) is 12.2 Å². The van der Waals surface area contributed by atoms with E-state index in [1.54, 1.807) is 0 Å². The van der Waals surface area contributed by atoms with Crippen molar-refractivity contribution in [2.45, 2.75) is 482 Å². The number of carbonyl (C=O) groups is 2. The molecule has 0 radical (unpaired) electrons. The van der Waals surface area contributed by atoms with Crippen molar-refractivity contribution in [1.29, 1.82) is 0 Å². The molecule has 518 valence electrons. The van der Waals surface area contributed by atoms with E-state index in [1.165, 1.54) is 398 Å². The Morgan fingerprint density at radius 1 is 0.310 bits per heavy atom. The second-order valence-electron chi connectivity index (χ2n) is 28.1. The Balaban J connectivity index is 3.32. The number of unbranched alkanes of at least 4 members (excludes halogenated alkanes) is 64. The first-order valence-electron chi connectivity index (χ1n) is 40.4. The van der Waals surface area contributed by atoms with Crippen LogP contribution in [-0.4, -0.2) is 47.4 Å². The van der Waals surface area contributed by atoms with Crippen molar-refractivity contribution < 1.29 is 24.5 Å². The second-order valence-corrected chi connectivity index (χ2v) is 28.1. The first kappa shape index (κ1) is 85.6. The highest BCUT2D eigenvalue weighted by atomic mass is 16.5. The van der Waals surface area contributed by atoms with Crippen LogP contribution in [0.1, 0.15) is 470 Å². The summed E-state index contributed by atoms with van der Waals surface area (Å²) in [6.07, 6.45) is 97.5. The Morgan fingerprint density at radius 2 is 0.540 bits per heavy atom. The van der Waals surface area contributed by atoms with Gasteiger partial charge in [0, 0.05) is 12.8 Å². The summed E-state index contributed by atoms with van der Waals surface area (Å²) in [5.41, 5.74) is 0. The Hall–Kier alpha value is -1.40. The third-order valence-electron chi connectivity index (χ3n) is 19.3. The molecule has 0 aromatic rings. The lowest BCUT2D eigenvalue weighted by atomic mass is 10.0. The number of amides is 1. The van der Waals surface area contributed by atoms with Crippen LogP contribution in [0, 0.1) is 0 Å². The van der Waals surface area contributed by atoms with Crippen molar-refractivity contribution in [3.8, 4) is 0 Å². The standard InChI is InChI=1S/C81H159NO5/c1-3-5-7-9-11-13-15-17-18-19-20-40-43-46-50-53-57-61-65-69-73-79(84)78(77-83)82-80(85)74-70-66-62-58-54-51-47-44-41-38-36-34-32-30-28-26-24-22-21-23-25-27-29-31-33-35-37-39-42-45-48-52-56-60-64-68-72-76-87-81(86)75-71-67-63-59-55-49-16-14-12-10-8-6-4-2/h21,23,78-79,83-84H,3-20,22,24-77H2,1-2H3,(H,82,85)/b23-21-. The molecule has 87 heavy (non-hydrogen) atoms. The van der Waals surface area contributed by atoms with Gasteiger partial charge in [0.25, 0.3) is 0 Å². The average Bonchev–Trinajstić information content (AvgIpc) is 3.57. The van der Waals surface area contributed by atoms with Crippen LogP contribution in [0.5, 0.6) is 0 Å². The summed E-state index contributed by atoms with van der Waals surface area (Å²) in [7, 11) is 0. The lowest BCUT2D eigenvalue weighted by Crippen LogP contribution is -2.45. The minimum absolute atomic E-state index is 0.0241. The largest absolute Gasteiger partial charge is 0.466 e. The molecule has 0 aliphatic rings. The highest BCUT2D eigenvalue weighted by Gasteiger charge is 2.20. The molecule has 3 N–H and O–H groups in total. The number of rotatable bonds is 77. The maximum absolute atomic E-state index is 12.6. The van der Waals surface area contributed by atoms with Crippen LogP contribution < -0.4 is 5.32 Å². The number of aliphatic hydroxyl groups excluding tert-OH is 2. The van der Waals surface area contributed by atoms with Gasteiger partial charge in [0.15, 0.2) is 0 Å². The summed E-state index contributed by atoms with van der Waals surface area (Å²) < 4.78 is 5.50. The Bertz CT molecular complexity index is 1320. The van der Waals surface area contributed by atoms with Gasteiger partial charge in [-0.25, -0.2) is 0 Å². The van der Waals surface area contributed by atoms with Gasteiger partial charge < -0.3 is 20.3 Å². The van der Waals surface area contributed by atoms with E-state index < -0.39 is 12.1 Å². The number of hydrogen-bond acceptors (Lipinski definition) is 5. The number of ether oxygens (including phenoxy) is 1. The second kappa shape index (κ2) is 77.1. The Kier molecular flexibility index (Phi) is 75.8. The molecule has 0 bridgehead atoms. The predicted octanol–water partition coefficient (Wildman–Crippen LogP) is 26.7. The van der Waals surface area contributed by atoms with Gasteiger partial charge in [-0.1, -0.05) is 418 Å². The fourth-order valence-corrected chi connectivity index (χ4v) is 13.2. The number of allylic oxidation sites excluding steroid dienone is 2. The van der Waals surface area contributed by atoms with Crippen LogP contribution in [-0.2, 0) is 14.3 Å². The third-order valence-corrected chi connectivity index (χ3v) is 19.3. The van der Waals surface area contributed by atoms with Gasteiger partial charge in [0.1, 0.15) is 0 Å². The van der Waals surface area contributed by atoms with E-state index >= 15 is 0 Å². The van der Waals surface area contributed by atoms with Crippen LogP contribution in [0.25, 0.3) is 0 Å². The van der Waals surface area contributed by atoms with Crippen molar-refractivity contribution in [2.24, 2.45) is 0 Å². The maximum atomic E-state index is 12.6. The molecule has 1 amide bonds. The zero-order valence-electron chi connectivity index (χ0n) is 59.5. The molecular formula is C81H159NO5. The van der Waals surface area contributed by atoms with Gasteiger partial charge >= 0.3 is 5.97 Å². The van der Waals surface area contributed by atoms with E-state index in [1.807, 2.05) is 0 Å². The normalized spacial score (nSPS) is 12.5. The molecule has 0 fully saturated rings. The molecule has 2 atom stereocenters. The number of nitrogens with one attached hydrogen (secondary N) is 1. The molecule has 6 nitrogen and oxygen atoms in total. The molecular weight excluding hydrogens is 1070 g/mol. The van der Waals surface area contributed by atoms with Crippen molar-refractivity contribution in [3.63, 3.8) is 0 Å². The van der Waals surface area contributed by atoms with Crippen LogP contribution in [0.15, 0.2) is 12.2 Å². The summed E-state index contributed by atoms with van der Waals surface area (Å²) in [6, 6.07) is -0.539. The number of hydrogen-bond donors (Lipinski definition) is 3. The highest BCUT2D eigenvalue weighted by molar-refractivity contribution is 5.76. The highest BCUT2D eigenvalue weighted by Crippen LogP contribution is 2.20.